The normalized spacial score (nSPS) is 22.1. The Kier molecular flexibility index (Phi) is 6.27. The molecule has 1 heterocycles. The van der Waals surface area contributed by atoms with E-state index in [1.165, 1.54) is 7.11 Å². The van der Waals surface area contributed by atoms with E-state index in [1.54, 1.807) is 18.7 Å². The fraction of sp³-hybridized carbons (Fsp3) is 0.769. The number of methoxy groups -OCH3 is 1. The SMILES string of the molecule is CCOC(=O)NC1CC(C(=O)OC)CN(C(=O)CC)C1. The number of nitrogens with one attached hydrogen (secondary N) is 1. The van der Waals surface area contributed by atoms with E-state index in [9.17, 15) is 14.4 Å². The van der Waals surface area contributed by atoms with E-state index < -0.39 is 12.0 Å². The first kappa shape index (κ1) is 16.3. The third kappa shape index (κ3) is 4.40. The molecule has 2 atom stereocenters. The Morgan fingerprint density at radius 3 is 2.50 bits per heavy atom. The van der Waals surface area contributed by atoms with Gasteiger partial charge >= 0.3 is 12.1 Å². The lowest BCUT2D eigenvalue weighted by Gasteiger charge is -2.36. The second-order valence-corrected chi connectivity index (χ2v) is 4.67. The number of alkyl carbamates (subject to hydrolysis) is 1. The number of hydrogen-bond donors (Lipinski definition) is 1. The molecular formula is C13H22N2O5. The zero-order valence-corrected chi connectivity index (χ0v) is 12.2. The van der Waals surface area contributed by atoms with Gasteiger partial charge in [-0.05, 0) is 13.3 Å². The summed E-state index contributed by atoms with van der Waals surface area (Å²) in [5.41, 5.74) is 0. The van der Waals surface area contributed by atoms with Crippen LogP contribution < -0.4 is 5.32 Å². The number of carbonyl (C=O) groups is 3. The van der Waals surface area contributed by atoms with Crippen LogP contribution in [0.5, 0.6) is 0 Å². The van der Waals surface area contributed by atoms with Crippen molar-refractivity contribution in [3.8, 4) is 0 Å². The molecule has 0 spiro atoms. The molecule has 7 nitrogen and oxygen atoms in total. The molecule has 0 aromatic carbocycles. The first-order valence-corrected chi connectivity index (χ1v) is 6.80. The molecule has 0 aromatic rings. The van der Waals surface area contributed by atoms with Crippen molar-refractivity contribution >= 4 is 18.0 Å². The number of nitrogens with zero attached hydrogens (tertiary/aromatic N) is 1. The van der Waals surface area contributed by atoms with Gasteiger partial charge < -0.3 is 19.7 Å². The Labute approximate surface area is 118 Å². The number of likely N-dealkylation sites (tertiary alicyclic amines) is 1. The molecule has 1 aliphatic heterocycles. The van der Waals surface area contributed by atoms with Crippen molar-refractivity contribution < 1.29 is 23.9 Å². The van der Waals surface area contributed by atoms with Crippen LogP contribution in [0.2, 0.25) is 0 Å². The summed E-state index contributed by atoms with van der Waals surface area (Å²) in [6, 6.07) is -0.303. The van der Waals surface area contributed by atoms with Gasteiger partial charge in [-0.25, -0.2) is 4.79 Å². The monoisotopic (exact) mass is 286 g/mol. The average Bonchev–Trinajstić information content (AvgIpc) is 2.45. The first-order valence-electron chi connectivity index (χ1n) is 6.80. The van der Waals surface area contributed by atoms with E-state index in [2.05, 4.69) is 5.32 Å². The summed E-state index contributed by atoms with van der Waals surface area (Å²) in [7, 11) is 1.32. The van der Waals surface area contributed by atoms with Gasteiger partial charge in [-0.15, -0.1) is 0 Å². The Bertz CT molecular complexity index is 348. The van der Waals surface area contributed by atoms with E-state index >= 15 is 0 Å². The van der Waals surface area contributed by atoms with Crippen molar-refractivity contribution in [2.45, 2.75) is 32.7 Å². The Morgan fingerprint density at radius 1 is 1.25 bits per heavy atom. The predicted molar refractivity (Wildman–Crippen MR) is 70.9 cm³/mol. The Morgan fingerprint density at radius 2 is 1.95 bits per heavy atom. The van der Waals surface area contributed by atoms with Crippen LogP contribution in [0.1, 0.15) is 26.7 Å². The van der Waals surface area contributed by atoms with Crippen LogP contribution in [0, 0.1) is 5.92 Å². The highest BCUT2D eigenvalue weighted by molar-refractivity contribution is 5.78. The van der Waals surface area contributed by atoms with Gasteiger partial charge in [-0.1, -0.05) is 6.92 Å². The Hall–Kier alpha value is -1.79. The summed E-state index contributed by atoms with van der Waals surface area (Å²) >= 11 is 0. The van der Waals surface area contributed by atoms with Crippen molar-refractivity contribution in [1.82, 2.24) is 10.2 Å². The molecule has 0 saturated carbocycles. The highest BCUT2D eigenvalue weighted by Crippen LogP contribution is 2.19. The molecule has 0 radical (unpaired) electrons. The second-order valence-electron chi connectivity index (χ2n) is 4.67. The molecule has 0 aliphatic carbocycles. The van der Waals surface area contributed by atoms with Gasteiger partial charge in [0.25, 0.3) is 0 Å². The van der Waals surface area contributed by atoms with E-state index in [1.807, 2.05) is 0 Å². The summed E-state index contributed by atoms with van der Waals surface area (Å²) in [5, 5.41) is 2.67. The summed E-state index contributed by atoms with van der Waals surface area (Å²) in [6.07, 6.45) is 0.269. The summed E-state index contributed by atoms with van der Waals surface area (Å²) in [6.45, 7) is 4.47. The van der Waals surface area contributed by atoms with Gasteiger partial charge in [0.05, 0.1) is 25.7 Å². The first-order chi connectivity index (χ1) is 9.51. The van der Waals surface area contributed by atoms with Gasteiger partial charge in [-0.2, -0.15) is 0 Å². The van der Waals surface area contributed by atoms with Crippen LogP contribution in [-0.4, -0.2) is 55.7 Å². The third-order valence-corrected chi connectivity index (χ3v) is 3.24. The van der Waals surface area contributed by atoms with Crippen molar-refractivity contribution in [2.75, 3.05) is 26.8 Å². The lowest BCUT2D eigenvalue weighted by atomic mass is 9.94. The van der Waals surface area contributed by atoms with Crippen LogP contribution in [-0.2, 0) is 19.1 Å². The topological polar surface area (TPSA) is 84.9 Å². The molecule has 1 N–H and O–H groups in total. The fourth-order valence-corrected chi connectivity index (χ4v) is 2.31. The lowest BCUT2D eigenvalue weighted by Crippen LogP contribution is -2.54. The molecule has 1 fully saturated rings. The smallest absolute Gasteiger partial charge is 0.407 e. The van der Waals surface area contributed by atoms with E-state index in [-0.39, 0.29) is 24.5 Å². The molecule has 0 bridgehead atoms. The molecule has 114 valence electrons. The third-order valence-electron chi connectivity index (χ3n) is 3.24. The van der Waals surface area contributed by atoms with Crippen LogP contribution in [0.15, 0.2) is 0 Å². The number of carbonyl (C=O) groups excluding carboxylic acids is 3. The molecule has 1 aliphatic rings. The van der Waals surface area contributed by atoms with Crippen LogP contribution >= 0.6 is 0 Å². The van der Waals surface area contributed by atoms with Crippen LogP contribution in [0.25, 0.3) is 0 Å². The molecule has 7 heteroatoms. The van der Waals surface area contributed by atoms with Gasteiger partial charge in [0, 0.05) is 19.5 Å². The predicted octanol–water partition coefficient (Wildman–Crippen LogP) is 0.533. The van der Waals surface area contributed by atoms with E-state index in [0.717, 1.165) is 0 Å². The molecule has 20 heavy (non-hydrogen) atoms. The maximum atomic E-state index is 11.8. The number of piperidine rings is 1. The van der Waals surface area contributed by atoms with Crippen molar-refractivity contribution in [3.63, 3.8) is 0 Å². The molecule has 2 amide bonds. The highest BCUT2D eigenvalue weighted by Gasteiger charge is 2.34. The Balaban J connectivity index is 2.71. The van der Waals surface area contributed by atoms with Crippen molar-refractivity contribution in [1.29, 1.82) is 0 Å². The van der Waals surface area contributed by atoms with Crippen molar-refractivity contribution in [2.24, 2.45) is 5.92 Å². The summed E-state index contributed by atoms with van der Waals surface area (Å²) < 4.78 is 9.55. The minimum atomic E-state index is -0.535. The summed E-state index contributed by atoms with van der Waals surface area (Å²) in [5.74, 6) is -0.834. The van der Waals surface area contributed by atoms with E-state index in [4.69, 9.17) is 9.47 Å². The zero-order chi connectivity index (χ0) is 15.1. The molecule has 0 aromatic heterocycles. The number of hydrogen-bond acceptors (Lipinski definition) is 5. The van der Waals surface area contributed by atoms with Crippen LogP contribution in [0.4, 0.5) is 4.79 Å². The minimum Gasteiger partial charge on any atom is -0.469 e. The van der Waals surface area contributed by atoms with E-state index in [0.29, 0.717) is 25.9 Å². The maximum absolute atomic E-state index is 11.8. The second kappa shape index (κ2) is 7.72. The van der Waals surface area contributed by atoms with Crippen LogP contribution in [0.3, 0.4) is 0 Å². The number of amides is 2. The van der Waals surface area contributed by atoms with Crippen molar-refractivity contribution in [3.05, 3.63) is 0 Å². The largest absolute Gasteiger partial charge is 0.469 e. The standard InChI is InChI=1S/C13H22N2O5/c1-4-11(16)15-7-9(12(17)19-3)6-10(8-15)14-13(18)20-5-2/h9-10H,4-8H2,1-3H3,(H,14,18). The fourth-order valence-electron chi connectivity index (χ4n) is 2.31. The van der Waals surface area contributed by atoms with Gasteiger partial charge in [-0.3, -0.25) is 9.59 Å². The van der Waals surface area contributed by atoms with Gasteiger partial charge in [0.2, 0.25) is 5.91 Å². The molecule has 1 rings (SSSR count). The number of ether oxygens (including phenoxy) is 2. The average molecular weight is 286 g/mol. The molecular weight excluding hydrogens is 264 g/mol. The van der Waals surface area contributed by atoms with Gasteiger partial charge in [0.1, 0.15) is 0 Å². The minimum absolute atomic E-state index is 0.0470. The quantitative estimate of drug-likeness (QED) is 0.762. The number of esters is 1. The van der Waals surface area contributed by atoms with Gasteiger partial charge in [0.15, 0.2) is 0 Å². The number of rotatable bonds is 4. The summed E-state index contributed by atoms with van der Waals surface area (Å²) in [4.78, 5) is 36.5. The lowest BCUT2D eigenvalue weighted by molar-refractivity contribution is -0.149. The molecule has 2 unspecified atom stereocenters. The zero-order valence-electron chi connectivity index (χ0n) is 12.2. The highest BCUT2D eigenvalue weighted by atomic mass is 16.5. The molecule has 1 saturated heterocycles. The maximum Gasteiger partial charge on any atom is 0.407 e.